The predicted molar refractivity (Wildman–Crippen MR) is 68.4 cm³/mol. The molecule has 1 N–H and O–H groups in total. The van der Waals surface area contributed by atoms with Crippen LogP contribution in [0.25, 0.3) is 0 Å². The van der Waals surface area contributed by atoms with E-state index in [0.717, 1.165) is 43.2 Å². The molecule has 2 unspecified atom stereocenters. The fourth-order valence-corrected chi connectivity index (χ4v) is 2.65. The Bertz CT molecular complexity index is 441. The van der Waals surface area contributed by atoms with E-state index in [1.165, 1.54) is 5.56 Å². The van der Waals surface area contributed by atoms with Gasteiger partial charge in [0.05, 0.1) is 19.8 Å². The number of morpholine rings is 1. The van der Waals surface area contributed by atoms with E-state index in [4.69, 9.17) is 14.2 Å². The minimum atomic E-state index is 0.0542. The average molecular weight is 249 g/mol. The molecule has 2 aliphatic rings. The molecule has 1 aromatic rings. The van der Waals surface area contributed by atoms with Crippen molar-refractivity contribution in [2.24, 2.45) is 0 Å². The molecular formula is C14H19NO3. The second-order valence-corrected chi connectivity index (χ2v) is 4.90. The number of nitrogens with one attached hydrogen (secondary N) is 1. The van der Waals surface area contributed by atoms with Crippen molar-refractivity contribution < 1.29 is 14.2 Å². The standard InChI is InChI=1S/C14H19NO3/c1-9-5-10-6-13(16-2)11(7-12(10)18-9)14-8-15-3-4-17-14/h6-7,9,14-15H,3-5,8H2,1-2H3. The highest BCUT2D eigenvalue weighted by atomic mass is 16.5. The van der Waals surface area contributed by atoms with Gasteiger partial charge in [-0.25, -0.2) is 0 Å². The topological polar surface area (TPSA) is 39.7 Å². The van der Waals surface area contributed by atoms with Gasteiger partial charge >= 0.3 is 0 Å². The SMILES string of the molecule is COc1cc2c(cc1C1CNCCO1)OC(C)C2. The van der Waals surface area contributed by atoms with Crippen molar-refractivity contribution >= 4 is 0 Å². The summed E-state index contributed by atoms with van der Waals surface area (Å²) in [6, 6.07) is 4.17. The molecule has 2 aliphatic heterocycles. The molecule has 0 spiro atoms. The molecule has 0 aliphatic carbocycles. The number of ether oxygens (including phenoxy) is 3. The smallest absolute Gasteiger partial charge is 0.125 e. The van der Waals surface area contributed by atoms with Crippen molar-refractivity contribution in [1.82, 2.24) is 5.32 Å². The number of rotatable bonds is 2. The summed E-state index contributed by atoms with van der Waals surface area (Å²) in [5.74, 6) is 1.88. The maximum atomic E-state index is 5.81. The van der Waals surface area contributed by atoms with Gasteiger partial charge in [-0.3, -0.25) is 0 Å². The molecule has 2 heterocycles. The van der Waals surface area contributed by atoms with Crippen LogP contribution in [0.3, 0.4) is 0 Å². The molecule has 0 radical (unpaired) electrons. The van der Waals surface area contributed by atoms with Gasteiger partial charge in [0.15, 0.2) is 0 Å². The number of benzene rings is 1. The monoisotopic (exact) mass is 249 g/mol. The van der Waals surface area contributed by atoms with Crippen molar-refractivity contribution in [3.8, 4) is 11.5 Å². The fourth-order valence-electron chi connectivity index (χ4n) is 2.65. The Morgan fingerprint density at radius 1 is 1.39 bits per heavy atom. The van der Waals surface area contributed by atoms with E-state index in [1.54, 1.807) is 7.11 Å². The van der Waals surface area contributed by atoms with Gasteiger partial charge in [0.25, 0.3) is 0 Å². The summed E-state index contributed by atoms with van der Waals surface area (Å²) in [6.07, 6.45) is 1.26. The molecule has 98 valence electrons. The first kappa shape index (κ1) is 11.8. The predicted octanol–water partition coefficient (Wildman–Crippen LogP) is 1.68. The Labute approximate surface area is 107 Å². The first-order valence-corrected chi connectivity index (χ1v) is 6.47. The molecule has 3 rings (SSSR count). The molecular weight excluding hydrogens is 230 g/mol. The summed E-state index contributed by atoms with van der Waals surface area (Å²) >= 11 is 0. The van der Waals surface area contributed by atoms with Crippen LogP contribution in [-0.2, 0) is 11.2 Å². The van der Waals surface area contributed by atoms with Crippen LogP contribution >= 0.6 is 0 Å². The third-order valence-corrected chi connectivity index (χ3v) is 3.52. The lowest BCUT2D eigenvalue weighted by Crippen LogP contribution is -2.33. The third-order valence-electron chi connectivity index (χ3n) is 3.52. The molecule has 0 bridgehead atoms. The van der Waals surface area contributed by atoms with E-state index in [2.05, 4.69) is 24.4 Å². The van der Waals surface area contributed by atoms with Gasteiger partial charge in [0, 0.05) is 30.6 Å². The highest BCUT2D eigenvalue weighted by Crippen LogP contribution is 2.38. The van der Waals surface area contributed by atoms with Gasteiger partial charge in [0.2, 0.25) is 0 Å². The van der Waals surface area contributed by atoms with Crippen molar-refractivity contribution in [2.45, 2.75) is 25.6 Å². The van der Waals surface area contributed by atoms with E-state index in [9.17, 15) is 0 Å². The van der Waals surface area contributed by atoms with Gasteiger partial charge in [-0.15, -0.1) is 0 Å². The number of hydrogen-bond donors (Lipinski definition) is 1. The molecule has 18 heavy (non-hydrogen) atoms. The highest BCUT2D eigenvalue weighted by Gasteiger charge is 2.26. The molecule has 1 fully saturated rings. The van der Waals surface area contributed by atoms with Gasteiger partial charge in [-0.05, 0) is 19.1 Å². The molecule has 0 amide bonds. The third kappa shape index (κ3) is 2.06. The molecule has 1 saturated heterocycles. The molecule has 1 aromatic carbocycles. The summed E-state index contributed by atoms with van der Waals surface area (Å²) < 4.78 is 17.1. The van der Waals surface area contributed by atoms with Crippen LogP contribution < -0.4 is 14.8 Å². The van der Waals surface area contributed by atoms with Crippen molar-refractivity contribution in [3.63, 3.8) is 0 Å². The van der Waals surface area contributed by atoms with Crippen molar-refractivity contribution in [3.05, 3.63) is 23.3 Å². The Balaban J connectivity index is 1.95. The second-order valence-electron chi connectivity index (χ2n) is 4.90. The van der Waals surface area contributed by atoms with Crippen LogP contribution in [0.4, 0.5) is 0 Å². The Kier molecular flexibility index (Phi) is 3.14. The normalized spacial score (nSPS) is 26.6. The minimum absolute atomic E-state index is 0.0542. The number of fused-ring (bicyclic) bond motifs is 1. The van der Waals surface area contributed by atoms with E-state index in [1.807, 2.05) is 0 Å². The van der Waals surface area contributed by atoms with Gasteiger partial charge in [-0.2, -0.15) is 0 Å². The zero-order valence-corrected chi connectivity index (χ0v) is 10.9. The van der Waals surface area contributed by atoms with Crippen LogP contribution in [0.1, 0.15) is 24.2 Å². The van der Waals surface area contributed by atoms with E-state index < -0.39 is 0 Å². The van der Waals surface area contributed by atoms with Crippen LogP contribution in [0.2, 0.25) is 0 Å². The molecule has 0 saturated carbocycles. The van der Waals surface area contributed by atoms with Crippen LogP contribution in [0.5, 0.6) is 11.5 Å². The quantitative estimate of drug-likeness (QED) is 0.865. The second kappa shape index (κ2) is 4.78. The van der Waals surface area contributed by atoms with Gasteiger partial charge in [-0.1, -0.05) is 0 Å². The molecule has 4 nitrogen and oxygen atoms in total. The minimum Gasteiger partial charge on any atom is -0.496 e. The Hall–Kier alpha value is -1.26. The maximum absolute atomic E-state index is 5.81. The van der Waals surface area contributed by atoms with Crippen LogP contribution in [0.15, 0.2) is 12.1 Å². The zero-order chi connectivity index (χ0) is 12.5. The lowest BCUT2D eigenvalue weighted by Gasteiger charge is -2.25. The molecule has 0 aromatic heterocycles. The number of hydrogen-bond acceptors (Lipinski definition) is 4. The fraction of sp³-hybridized carbons (Fsp3) is 0.571. The van der Waals surface area contributed by atoms with Crippen LogP contribution in [-0.4, -0.2) is 32.9 Å². The van der Waals surface area contributed by atoms with Gasteiger partial charge < -0.3 is 19.5 Å². The summed E-state index contributed by atoms with van der Waals surface area (Å²) in [7, 11) is 1.71. The number of methoxy groups -OCH3 is 1. The largest absolute Gasteiger partial charge is 0.496 e. The summed E-state index contributed by atoms with van der Waals surface area (Å²) in [6.45, 7) is 4.56. The first-order valence-electron chi connectivity index (χ1n) is 6.47. The Morgan fingerprint density at radius 2 is 2.28 bits per heavy atom. The Morgan fingerprint density at radius 3 is 3.00 bits per heavy atom. The van der Waals surface area contributed by atoms with E-state index in [0.29, 0.717) is 0 Å². The average Bonchev–Trinajstić information content (AvgIpc) is 2.77. The summed E-state index contributed by atoms with van der Waals surface area (Å²) in [5, 5.41) is 3.34. The van der Waals surface area contributed by atoms with E-state index >= 15 is 0 Å². The molecule has 4 heteroatoms. The first-order chi connectivity index (χ1) is 8.78. The molecule has 2 atom stereocenters. The van der Waals surface area contributed by atoms with Gasteiger partial charge in [0.1, 0.15) is 17.6 Å². The van der Waals surface area contributed by atoms with Crippen molar-refractivity contribution in [1.29, 1.82) is 0 Å². The lowest BCUT2D eigenvalue weighted by molar-refractivity contribution is 0.0261. The highest BCUT2D eigenvalue weighted by molar-refractivity contribution is 5.49. The summed E-state index contributed by atoms with van der Waals surface area (Å²) in [5.41, 5.74) is 2.31. The van der Waals surface area contributed by atoms with Crippen molar-refractivity contribution in [2.75, 3.05) is 26.8 Å². The lowest BCUT2D eigenvalue weighted by atomic mass is 10.0. The maximum Gasteiger partial charge on any atom is 0.125 e. The van der Waals surface area contributed by atoms with Crippen LogP contribution in [0, 0.1) is 0 Å². The van der Waals surface area contributed by atoms with E-state index in [-0.39, 0.29) is 12.2 Å². The summed E-state index contributed by atoms with van der Waals surface area (Å²) in [4.78, 5) is 0. The zero-order valence-electron chi connectivity index (χ0n) is 10.9.